The van der Waals surface area contributed by atoms with Crippen LogP contribution in [0.25, 0.3) is 10.4 Å². The molecule has 0 radical (unpaired) electrons. The third-order valence-electron chi connectivity index (χ3n) is 9.88. The van der Waals surface area contributed by atoms with Crippen molar-refractivity contribution < 1.29 is 9.90 Å². The highest BCUT2D eigenvalue weighted by atomic mass is 16.4. The molecule has 0 saturated carbocycles. The number of hydrogen-bond donors (Lipinski definition) is 1. The first-order valence-corrected chi connectivity index (χ1v) is 18.6. The molecule has 0 fully saturated rings. The van der Waals surface area contributed by atoms with Crippen LogP contribution in [0.2, 0.25) is 0 Å². The minimum Gasteiger partial charge on any atom is -0.486 e. The monoisotopic (exact) mass is 755 g/mol. The Labute approximate surface area is 337 Å². The molecule has 0 amide bonds. The molecular formula is C48H49N7O2. The topological polar surface area (TPSA) is 61.1 Å². The van der Waals surface area contributed by atoms with Crippen molar-refractivity contribution >= 4 is 68.4 Å². The maximum atomic E-state index is 12.6. The van der Waals surface area contributed by atoms with Crippen LogP contribution >= 0.6 is 0 Å². The average molecular weight is 756 g/mol. The van der Waals surface area contributed by atoms with E-state index in [9.17, 15) is 9.90 Å². The predicted molar refractivity (Wildman–Crippen MR) is 240 cm³/mol. The standard InChI is InChI=1S/C48H49N7O2/c1-49-47(48(56)57)46(34-10-14-40(15-11-34)54(42-26-18-36(19-27-42)50(2)3)43-28-20-37(21-29-43)51(4)5)35-12-16-41(17-13-35)55(44-30-22-38(23-31-44)52(6)7)45-32-24-39(25-33-45)53(8)9/h10-33H,2-9H3,(H,56,57). The van der Waals surface area contributed by atoms with Gasteiger partial charge in [-0.1, -0.05) is 24.3 Å². The lowest BCUT2D eigenvalue weighted by molar-refractivity contribution is -0.132. The molecule has 0 atom stereocenters. The van der Waals surface area contributed by atoms with E-state index in [0.717, 1.165) is 56.9 Å². The van der Waals surface area contributed by atoms with E-state index in [2.05, 4.69) is 131 Å². The third-order valence-corrected chi connectivity index (χ3v) is 9.88. The van der Waals surface area contributed by atoms with E-state index in [-0.39, 0.29) is 5.70 Å². The van der Waals surface area contributed by atoms with E-state index >= 15 is 0 Å². The van der Waals surface area contributed by atoms with E-state index in [0.29, 0.717) is 16.7 Å². The van der Waals surface area contributed by atoms with Crippen LogP contribution in [-0.2, 0) is 4.79 Å². The van der Waals surface area contributed by atoms with Crippen molar-refractivity contribution in [2.45, 2.75) is 0 Å². The van der Waals surface area contributed by atoms with E-state index < -0.39 is 5.97 Å². The second kappa shape index (κ2) is 17.1. The molecule has 0 aliphatic rings. The summed E-state index contributed by atoms with van der Waals surface area (Å²) in [4.78, 5) is 28.7. The fourth-order valence-corrected chi connectivity index (χ4v) is 6.70. The Hall–Kier alpha value is -7.18. The molecule has 6 aromatic rings. The fraction of sp³-hybridized carbons (Fsp3) is 0.167. The summed E-state index contributed by atoms with van der Waals surface area (Å²) in [5.74, 6) is -1.28. The van der Waals surface area contributed by atoms with Crippen LogP contribution in [0.5, 0.6) is 0 Å². The van der Waals surface area contributed by atoms with Crippen molar-refractivity contribution in [2.75, 3.05) is 85.8 Å². The number of hydrogen-bond acceptors (Lipinski definition) is 7. The van der Waals surface area contributed by atoms with Gasteiger partial charge in [0.1, 0.15) is 0 Å². The zero-order valence-electron chi connectivity index (χ0n) is 33.8. The van der Waals surface area contributed by atoms with Gasteiger partial charge in [0, 0.05) is 119 Å². The van der Waals surface area contributed by atoms with E-state index in [1.165, 1.54) is 0 Å². The zero-order valence-corrected chi connectivity index (χ0v) is 33.8. The predicted octanol–water partition coefficient (Wildman–Crippen LogP) is 10.7. The van der Waals surface area contributed by atoms with Gasteiger partial charge in [-0.05, 0) is 132 Å². The minimum atomic E-state index is -1.28. The van der Waals surface area contributed by atoms with Crippen LogP contribution in [0.1, 0.15) is 11.1 Å². The van der Waals surface area contributed by atoms with Gasteiger partial charge in [-0.2, -0.15) is 0 Å². The quantitative estimate of drug-likeness (QED) is 0.0924. The Bertz CT molecular complexity index is 2100. The molecule has 0 bridgehead atoms. The molecule has 0 spiro atoms. The van der Waals surface area contributed by atoms with Gasteiger partial charge in [0.25, 0.3) is 5.70 Å². The summed E-state index contributed by atoms with van der Waals surface area (Å²) < 4.78 is 0. The number of carboxylic acid groups (broad SMARTS) is 1. The molecule has 57 heavy (non-hydrogen) atoms. The second-order valence-corrected chi connectivity index (χ2v) is 14.5. The van der Waals surface area contributed by atoms with Crippen LogP contribution in [0.15, 0.2) is 151 Å². The molecule has 0 unspecified atom stereocenters. The maximum Gasteiger partial charge on any atom is 0.334 e. The van der Waals surface area contributed by atoms with Crippen molar-refractivity contribution in [2.24, 2.45) is 0 Å². The highest BCUT2D eigenvalue weighted by Gasteiger charge is 2.21. The van der Waals surface area contributed by atoms with Crippen LogP contribution in [0.4, 0.5) is 56.9 Å². The summed E-state index contributed by atoms with van der Waals surface area (Å²) in [6.07, 6.45) is 0. The van der Waals surface area contributed by atoms with E-state index in [1.807, 2.05) is 105 Å². The van der Waals surface area contributed by atoms with Gasteiger partial charge in [0.15, 0.2) is 0 Å². The molecule has 0 saturated heterocycles. The Morgan fingerprint density at radius 2 is 0.579 bits per heavy atom. The highest BCUT2D eigenvalue weighted by molar-refractivity contribution is 6.03. The van der Waals surface area contributed by atoms with Crippen molar-refractivity contribution in [3.63, 3.8) is 0 Å². The van der Waals surface area contributed by atoms with E-state index in [4.69, 9.17) is 6.57 Å². The smallest absolute Gasteiger partial charge is 0.334 e. The lowest BCUT2D eigenvalue weighted by Gasteiger charge is -2.27. The maximum absolute atomic E-state index is 12.6. The average Bonchev–Trinajstić information content (AvgIpc) is 3.21. The van der Waals surface area contributed by atoms with Crippen molar-refractivity contribution in [3.05, 3.63) is 174 Å². The second-order valence-electron chi connectivity index (χ2n) is 14.5. The molecular weight excluding hydrogens is 707 g/mol. The van der Waals surface area contributed by atoms with Crippen LogP contribution in [0.3, 0.4) is 0 Å². The number of aliphatic carboxylic acids is 1. The minimum absolute atomic E-state index is 0.346. The summed E-state index contributed by atoms with van der Waals surface area (Å²) in [7, 11) is 16.1. The largest absolute Gasteiger partial charge is 0.486 e. The SMILES string of the molecule is [C-]#[N+]C(C(=O)O)=C(c1ccc(N(c2ccc(N(C)C)cc2)c2ccc(N(C)C)cc2)cc1)c1ccc(N(c2ccc(N(C)C)cc2)c2ccc(N(C)C)cc2)cc1. The number of carboxylic acids is 1. The molecule has 1 N–H and O–H groups in total. The molecule has 0 aliphatic heterocycles. The first-order chi connectivity index (χ1) is 27.4. The van der Waals surface area contributed by atoms with Crippen molar-refractivity contribution in [1.29, 1.82) is 0 Å². The number of benzene rings is 6. The molecule has 0 aromatic heterocycles. The van der Waals surface area contributed by atoms with Crippen molar-refractivity contribution in [1.82, 2.24) is 0 Å². The highest BCUT2D eigenvalue weighted by Crippen LogP contribution is 2.40. The normalized spacial score (nSPS) is 10.6. The Balaban J connectivity index is 1.41. The molecule has 288 valence electrons. The summed E-state index contributed by atoms with van der Waals surface area (Å²) in [6, 6.07) is 48.9. The lowest BCUT2D eigenvalue weighted by Crippen LogP contribution is -2.13. The lowest BCUT2D eigenvalue weighted by atomic mass is 9.95. The molecule has 0 heterocycles. The van der Waals surface area contributed by atoms with Crippen LogP contribution in [0, 0.1) is 6.57 Å². The number of carbonyl (C=O) groups is 1. The number of anilines is 10. The number of rotatable bonds is 13. The van der Waals surface area contributed by atoms with Crippen LogP contribution < -0.4 is 29.4 Å². The summed E-state index contributed by atoms with van der Waals surface area (Å²) >= 11 is 0. The molecule has 6 aromatic carbocycles. The Morgan fingerprint density at radius 3 is 0.754 bits per heavy atom. The fourth-order valence-electron chi connectivity index (χ4n) is 6.70. The van der Waals surface area contributed by atoms with Gasteiger partial charge in [-0.15, -0.1) is 0 Å². The molecule has 9 nitrogen and oxygen atoms in total. The van der Waals surface area contributed by atoms with E-state index in [1.54, 1.807) is 0 Å². The van der Waals surface area contributed by atoms with Gasteiger partial charge in [0.2, 0.25) is 0 Å². The van der Waals surface area contributed by atoms with Crippen molar-refractivity contribution in [3.8, 4) is 0 Å². The van der Waals surface area contributed by atoms with Gasteiger partial charge in [-0.25, -0.2) is 4.85 Å². The van der Waals surface area contributed by atoms with Gasteiger partial charge >= 0.3 is 5.97 Å². The third kappa shape index (κ3) is 8.71. The molecule has 9 heteroatoms. The molecule has 6 rings (SSSR count). The van der Waals surface area contributed by atoms with Gasteiger partial charge in [0.05, 0.1) is 6.57 Å². The summed E-state index contributed by atoms with van der Waals surface area (Å²) in [5.41, 5.74) is 11.3. The first kappa shape index (κ1) is 39.5. The first-order valence-electron chi connectivity index (χ1n) is 18.6. The Morgan fingerprint density at radius 1 is 0.386 bits per heavy atom. The summed E-state index contributed by atoms with van der Waals surface area (Å²) in [6.45, 7) is 7.94. The Kier molecular flexibility index (Phi) is 11.8. The summed E-state index contributed by atoms with van der Waals surface area (Å²) in [5, 5.41) is 10.3. The van der Waals surface area contributed by atoms with Crippen LogP contribution in [-0.4, -0.2) is 67.5 Å². The van der Waals surface area contributed by atoms with Gasteiger partial charge < -0.3 is 34.5 Å². The molecule has 0 aliphatic carbocycles. The van der Waals surface area contributed by atoms with Gasteiger partial charge in [-0.3, -0.25) is 4.79 Å². The zero-order chi connectivity index (χ0) is 40.8. The number of nitrogens with zero attached hydrogens (tertiary/aromatic N) is 7.